The highest BCUT2D eigenvalue weighted by Gasteiger charge is 2.33. The lowest BCUT2D eigenvalue weighted by Crippen LogP contribution is -2.34. The Bertz CT molecular complexity index is 638. The minimum absolute atomic E-state index is 0.141. The average Bonchev–Trinajstić information content (AvgIpc) is 2.76. The lowest BCUT2D eigenvalue weighted by Gasteiger charge is -2.12. The normalized spacial score (nSPS) is 16.8. The first-order valence-electron chi connectivity index (χ1n) is 6.74. The smallest absolute Gasteiger partial charge is 0.326 e. The molecule has 1 aromatic carbocycles. The van der Waals surface area contributed by atoms with E-state index in [2.05, 4.69) is 0 Å². The van der Waals surface area contributed by atoms with E-state index in [-0.39, 0.29) is 19.1 Å². The summed E-state index contributed by atoms with van der Waals surface area (Å²) in [5.74, 6) is -0.722. The highest BCUT2D eigenvalue weighted by molar-refractivity contribution is 8.26. The van der Waals surface area contributed by atoms with Crippen LogP contribution in [-0.2, 0) is 14.3 Å². The van der Waals surface area contributed by atoms with Crippen molar-refractivity contribution in [1.82, 2.24) is 4.90 Å². The molecule has 6 heteroatoms. The number of rotatable bonds is 5. The number of hydrogen-bond donors (Lipinski definition) is 0. The molecule has 1 heterocycles. The number of thiocarbonyl (C=S) groups is 1. The Morgan fingerprint density at radius 1 is 1.36 bits per heavy atom. The molecule has 0 atom stereocenters. The Hall–Kier alpha value is -1.92. The molecule has 0 unspecified atom stereocenters. The maximum absolute atomic E-state index is 12.2. The van der Waals surface area contributed by atoms with Crippen molar-refractivity contribution >= 4 is 46.3 Å². The van der Waals surface area contributed by atoms with Gasteiger partial charge in [0.15, 0.2) is 0 Å². The summed E-state index contributed by atoms with van der Waals surface area (Å²) in [6.07, 6.45) is 5.40. The van der Waals surface area contributed by atoms with Crippen LogP contribution in [-0.4, -0.2) is 34.2 Å². The van der Waals surface area contributed by atoms with E-state index in [9.17, 15) is 9.59 Å². The summed E-state index contributed by atoms with van der Waals surface area (Å²) in [7, 11) is 0. The first-order chi connectivity index (χ1) is 10.6. The van der Waals surface area contributed by atoms with E-state index in [0.29, 0.717) is 9.23 Å². The van der Waals surface area contributed by atoms with E-state index in [1.165, 1.54) is 16.7 Å². The molecule has 0 N–H and O–H groups in total. The summed E-state index contributed by atoms with van der Waals surface area (Å²) >= 11 is 6.32. The predicted octanol–water partition coefficient (Wildman–Crippen LogP) is 3.01. The molecule has 0 saturated carbocycles. The maximum Gasteiger partial charge on any atom is 0.326 e. The van der Waals surface area contributed by atoms with Crippen molar-refractivity contribution < 1.29 is 14.3 Å². The highest BCUT2D eigenvalue weighted by atomic mass is 32.2. The van der Waals surface area contributed by atoms with Crippen LogP contribution >= 0.6 is 24.0 Å². The molecule has 1 aliphatic heterocycles. The second-order valence-electron chi connectivity index (χ2n) is 4.37. The van der Waals surface area contributed by atoms with Crippen LogP contribution in [0.2, 0.25) is 0 Å². The second kappa shape index (κ2) is 7.91. The molecule has 0 aromatic heterocycles. The summed E-state index contributed by atoms with van der Waals surface area (Å²) in [6.45, 7) is 1.86. The van der Waals surface area contributed by atoms with Crippen LogP contribution in [0.3, 0.4) is 0 Å². The van der Waals surface area contributed by atoms with Gasteiger partial charge in [0.25, 0.3) is 5.91 Å². The molecule has 0 bridgehead atoms. The van der Waals surface area contributed by atoms with Gasteiger partial charge in [0.05, 0.1) is 11.5 Å². The minimum Gasteiger partial charge on any atom is -0.465 e. The molecule has 0 aliphatic carbocycles. The average molecular weight is 333 g/mol. The summed E-state index contributed by atoms with van der Waals surface area (Å²) in [5.41, 5.74) is 1.04. The van der Waals surface area contributed by atoms with E-state index in [1.807, 2.05) is 36.4 Å². The monoisotopic (exact) mass is 333 g/mol. The standard InChI is InChI=1S/C16H15NO3S2/c1-2-20-14(18)11-17-15(19)13(22-16(17)21)10-6-9-12-7-4-3-5-8-12/h3-10H,2,11H2,1H3/b9-6+,13-10+. The van der Waals surface area contributed by atoms with Crippen molar-refractivity contribution in [3.05, 3.63) is 53.0 Å². The fraction of sp³-hybridized carbons (Fsp3) is 0.188. The number of allylic oxidation sites excluding steroid dienone is 2. The molecule has 0 radical (unpaired) electrons. The summed E-state index contributed by atoms with van der Waals surface area (Å²) in [5, 5.41) is 0. The molecular formula is C16H15NO3S2. The second-order valence-corrected chi connectivity index (χ2v) is 6.04. The summed E-state index contributed by atoms with van der Waals surface area (Å²) in [6, 6.07) is 9.77. The van der Waals surface area contributed by atoms with Crippen LogP contribution in [0.1, 0.15) is 12.5 Å². The van der Waals surface area contributed by atoms with Crippen LogP contribution in [0, 0.1) is 0 Å². The van der Waals surface area contributed by atoms with Gasteiger partial charge in [-0.2, -0.15) is 0 Å². The number of amides is 1. The lowest BCUT2D eigenvalue weighted by molar-refractivity contribution is -0.145. The number of esters is 1. The van der Waals surface area contributed by atoms with Crippen molar-refractivity contribution in [2.45, 2.75) is 6.92 Å². The molecular weight excluding hydrogens is 318 g/mol. The molecule has 1 amide bonds. The third-order valence-corrected chi connectivity index (χ3v) is 4.20. The first-order valence-corrected chi connectivity index (χ1v) is 7.97. The van der Waals surface area contributed by atoms with Crippen molar-refractivity contribution in [2.75, 3.05) is 13.2 Å². The van der Waals surface area contributed by atoms with E-state index in [4.69, 9.17) is 17.0 Å². The topological polar surface area (TPSA) is 46.6 Å². The molecule has 1 aliphatic rings. The summed E-state index contributed by atoms with van der Waals surface area (Å²) in [4.78, 5) is 25.4. The Morgan fingerprint density at radius 3 is 2.77 bits per heavy atom. The molecule has 4 nitrogen and oxygen atoms in total. The number of benzene rings is 1. The van der Waals surface area contributed by atoms with Gasteiger partial charge in [-0.05, 0) is 18.6 Å². The van der Waals surface area contributed by atoms with Gasteiger partial charge in [-0.25, -0.2) is 0 Å². The van der Waals surface area contributed by atoms with E-state index >= 15 is 0 Å². The Kier molecular flexibility index (Phi) is 5.91. The van der Waals surface area contributed by atoms with Crippen LogP contribution in [0.4, 0.5) is 0 Å². The van der Waals surface area contributed by atoms with Crippen LogP contribution in [0.25, 0.3) is 6.08 Å². The van der Waals surface area contributed by atoms with Gasteiger partial charge in [-0.3, -0.25) is 14.5 Å². The zero-order valence-corrected chi connectivity index (χ0v) is 13.7. The number of hydrogen-bond acceptors (Lipinski definition) is 5. The van der Waals surface area contributed by atoms with E-state index in [1.54, 1.807) is 19.1 Å². The van der Waals surface area contributed by atoms with Gasteiger partial charge in [-0.1, -0.05) is 66.5 Å². The quantitative estimate of drug-likeness (QED) is 0.471. The zero-order chi connectivity index (χ0) is 15.9. The zero-order valence-electron chi connectivity index (χ0n) is 12.0. The van der Waals surface area contributed by atoms with Gasteiger partial charge in [-0.15, -0.1) is 0 Å². The highest BCUT2D eigenvalue weighted by Crippen LogP contribution is 2.30. The fourth-order valence-electron chi connectivity index (χ4n) is 1.80. The molecule has 22 heavy (non-hydrogen) atoms. The number of ether oxygens (including phenoxy) is 1. The molecule has 114 valence electrons. The maximum atomic E-state index is 12.2. The van der Waals surface area contributed by atoms with Gasteiger partial charge < -0.3 is 4.74 Å². The van der Waals surface area contributed by atoms with Gasteiger partial charge >= 0.3 is 5.97 Å². The third-order valence-electron chi connectivity index (χ3n) is 2.80. The van der Waals surface area contributed by atoms with Crippen molar-refractivity contribution in [1.29, 1.82) is 0 Å². The molecule has 1 fully saturated rings. The van der Waals surface area contributed by atoms with Crippen LogP contribution in [0.5, 0.6) is 0 Å². The van der Waals surface area contributed by atoms with Gasteiger partial charge in [0.2, 0.25) is 0 Å². The Balaban J connectivity index is 2.03. The number of nitrogens with zero attached hydrogens (tertiary/aromatic N) is 1. The number of carbonyl (C=O) groups excluding carboxylic acids is 2. The number of carbonyl (C=O) groups is 2. The van der Waals surface area contributed by atoms with E-state index in [0.717, 1.165) is 5.56 Å². The fourth-order valence-corrected chi connectivity index (χ4v) is 3.00. The number of thioether (sulfide) groups is 1. The first kappa shape index (κ1) is 16.5. The molecule has 0 spiro atoms. The SMILES string of the molecule is CCOC(=O)CN1C(=O)/C(=C\C=C\c2ccccc2)SC1=S. The van der Waals surface area contributed by atoms with E-state index < -0.39 is 5.97 Å². The predicted molar refractivity (Wildman–Crippen MR) is 92.1 cm³/mol. The lowest BCUT2D eigenvalue weighted by atomic mass is 10.2. The molecule has 1 aromatic rings. The van der Waals surface area contributed by atoms with Gasteiger partial charge in [0, 0.05) is 0 Å². The van der Waals surface area contributed by atoms with Crippen molar-refractivity contribution in [3.63, 3.8) is 0 Å². The molecule has 2 rings (SSSR count). The largest absolute Gasteiger partial charge is 0.465 e. The minimum atomic E-state index is -0.458. The van der Waals surface area contributed by atoms with Crippen molar-refractivity contribution in [2.24, 2.45) is 0 Å². The Morgan fingerprint density at radius 2 is 2.09 bits per heavy atom. The third kappa shape index (κ3) is 4.29. The summed E-state index contributed by atoms with van der Waals surface area (Å²) < 4.78 is 5.21. The Labute approximate surface area is 138 Å². The van der Waals surface area contributed by atoms with Gasteiger partial charge in [0.1, 0.15) is 10.9 Å². The molecule has 1 saturated heterocycles. The van der Waals surface area contributed by atoms with Crippen LogP contribution < -0.4 is 0 Å². The van der Waals surface area contributed by atoms with Crippen molar-refractivity contribution in [3.8, 4) is 0 Å². The van der Waals surface area contributed by atoms with Crippen LogP contribution in [0.15, 0.2) is 47.4 Å².